The number of anilines is 1. The van der Waals surface area contributed by atoms with Gasteiger partial charge >= 0.3 is 0 Å². The molecule has 0 spiro atoms. The Balaban J connectivity index is 1.53. The van der Waals surface area contributed by atoms with Crippen molar-refractivity contribution < 1.29 is 4.74 Å². The predicted molar refractivity (Wildman–Crippen MR) is 86.8 cm³/mol. The molecule has 3 aromatic heterocycles. The zero-order valence-corrected chi connectivity index (χ0v) is 13.1. The van der Waals surface area contributed by atoms with Gasteiger partial charge in [-0.15, -0.1) is 0 Å². The number of nitrogens with one attached hydrogen (secondary N) is 1. The Morgan fingerprint density at radius 1 is 1.22 bits per heavy atom. The van der Waals surface area contributed by atoms with Gasteiger partial charge in [0.2, 0.25) is 5.88 Å². The van der Waals surface area contributed by atoms with E-state index in [1.165, 1.54) is 0 Å². The van der Waals surface area contributed by atoms with Crippen LogP contribution in [0.15, 0.2) is 30.9 Å². The molecule has 0 bridgehead atoms. The summed E-state index contributed by atoms with van der Waals surface area (Å²) in [6.07, 6.45) is 6.99. The lowest BCUT2D eigenvalue weighted by molar-refractivity contribution is 0.172. The van der Waals surface area contributed by atoms with E-state index in [1.807, 2.05) is 0 Å². The van der Waals surface area contributed by atoms with Crippen LogP contribution in [-0.4, -0.2) is 44.3 Å². The fourth-order valence-corrected chi connectivity index (χ4v) is 2.95. The van der Waals surface area contributed by atoms with Gasteiger partial charge in [-0.25, -0.2) is 15.0 Å². The maximum absolute atomic E-state index is 5.98. The zero-order chi connectivity index (χ0) is 15.6. The van der Waals surface area contributed by atoms with E-state index < -0.39 is 0 Å². The van der Waals surface area contributed by atoms with Gasteiger partial charge in [0, 0.05) is 18.8 Å². The minimum Gasteiger partial charge on any atom is -0.472 e. The molecule has 7 nitrogen and oxygen atoms in total. The van der Waals surface area contributed by atoms with Crippen LogP contribution in [0.1, 0.15) is 12.8 Å². The summed E-state index contributed by atoms with van der Waals surface area (Å²) in [4.78, 5) is 15.0. The first-order chi connectivity index (χ1) is 11.3. The van der Waals surface area contributed by atoms with Crippen molar-refractivity contribution in [3.63, 3.8) is 0 Å². The summed E-state index contributed by atoms with van der Waals surface area (Å²) in [7, 11) is 0. The maximum Gasteiger partial charge on any atom is 0.213 e. The Morgan fingerprint density at radius 3 is 3.04 bits per heavy atom. The highest BCUT2D eigenvalue weighted by atomic mass is 35.5. The second-order valence-electron chi connectivity index (χ2n) is 5.47. The molecule has 4 heterocycles. The molecule has 1 aliphatic rings. The number of ether oxygens (including phenoxy) is 1. The lowest BCUT2D eigenvalue weighted by Gasteiger charge is -2.33. The third kappa shape index (κ3) is 2.92. The van der Waals surface area contributed by atoms with Crippen LogP contribution in [-0.2, 0) is 0 Å². The third-order valence-electron chi connectivity index (χ3n) is 3.89. The molecule has 8 heteroatoms. The van der Waals surface area contributed by atoms with Crippen LogP contribution in [0.5, 0.6) is 5.88 Å². The van der Waals surface area contributed by atoms with E-state index >= 15 is 0 Å². The minimum atomic E-state index is 0.0642. The van der Waals surface area contributed by atoms with E-state index in [0.717, 1.165) is 42.8 Å². The molecule has 0 saturated carbocycles. The van der Waals surface area contributed by atoms with E-state index in [9.17, 15) is 0 Å². The standard InChI is InChI=1S/C15H15ClN6O/c16-10-3-4-13(17-6-10)23-11-2-1-5-22(8-11)15-12-7-20-21-14(12)18-9-19-15/h3-4,6-7,9,11H,1-2,5,8H2,(H,18,19,20,21). The molecule has 118 valence electrons. The quantitative estimate of drug-likeness (QED) is 0.794. The molecular weight excluding hydrogens is 316 g/mol. The number of aromatic nitrogens is 5. The average molecular weight is 331 g/mol. The van der Waals surface area contributed by atoms with E-state index in [0.29, 0.717) is 10.9 Å². The van der Waals surface area contributed by atoms with Crippen LogP contribution in [0.25, 0.3) is 11.0 Å². The monoisotopic (exact) mass is 330 g/mol. The molecular formula is C15H15ClN6O. The molecule has 1 aliphatic heterocycles. The van der Waals surface area contributed by atoms with Crippen LogP contribution in [0.2, 0.25) is 5.02 Å². The normalized spacial score (nSPS) is 18.3. The van der Waals surface area contributed by atoms with Gasteiger partial charge in [-0.1, -0.05) is 11.6 Å². The Hall–Kier alpha value is -2.41. The van der Waals surface area contributed by atoms with Crippen molar-refractivity contribution in [1.82, 2.24) is 25.1 Å². The van der Waals surface area contributed by atoms with Crippen molar-refractivity contribution in [3.8, 4) is 5.88 Å². The third-order valence-corrected chi connectivity index (χ3v) is 4.12. The summed E-state index contributed by atoms with van der Waals surface area (Å²) in [6.45, 7) is 1.69. The summed E-state index contributed by atoms with van der Waals surface area (Å²) < 4.78 is 5.98. The van der Waals surface area contributed by atoms with E-state index in [-0.39, 0.29) is 6.10 Å². The van der Waals surface area contributed by atoms with E-state index in [4.69, 9.17) is 16.3 Å². The fourth-order valence-electron chi connectivity index (χ4n) is 2.83. The summed E-state index contributed by atoms with van der Waals surface area (Å²) in [5.41, 5.74) is 0.748. The molecule has 1 fully saturated rings. The predicted octanol–water partition coefficient (Wildman–Crippen LogP) is 2.45. The Bertz CT molecular complexity index is 805. The lowest BCUT2D eigenvalue weighted by Crippen LogP contribution is -2.41. The average Bonchev–Trinajstić information content (AvgIpc) is 3.06. The highest BCUT2D eigenvalue weighted by Gasteiger charge is 2.24. The van der Waals surface area contributed by atoms with Crippen molar-refractivity contribution in [3.05, 3.63) is 35.9 Å². The van der Waals surface area contributed by atoms with Crippen molar-refractivity contribution in [2.45, 2.75) is 18.9 Å². The number of rotatable bonds is 3. The second-order valence-corrected chi connectivity index (χ2v) is 5.91. The van der Waals surface area contributed by atoms with Gasteiger partial charge in [-0.05, 0) is 18.9 Å². The van der Waals surface area contributed by atoms with Gasteiger partial charge in [-0.2, -0.15) is 5.10 Å². The van der Waals surface area contributed by atoms with Gasteiger partial charge in [-0.3, -0.25) is 5.10 Å². The molecule has 23 heavy (non-hydrogen) atoms. The Morgan fingerprint density at radius 2 is 2.17 bits per heavy atom. The van der Waals surface area contributed by atoms with Gasteiger partial charge in [0.25, 0.3) is 0 Å². The van der Waals surface area contributed by atoms with Crippen molar-refractivity contribution in [2.24, 2.45) is 0 Å². The van der Waals surface area contributed by atoms with Gasteiger partial charge in [0.1, 0.15) is 18.2 Å². The molecule has 0 amide bonds. The Labute approximate surface area is 137 Å². The lowest BCUT2D eigenvalue weighted by atomic mass is 10.1. The number of hydrogen-bond donors (Lipinski definition) is 1. The number of halogens is 1. The maximum atomic E-state index is 5.98. The van der Waals surface area contributed by atoms with Crippen LogP contribution < -0.4 is 9.64 Å². The molecule has 1 saturated heterocycles. The number of piperidine rings is 1. The number of H-pyrrole nitrogens is 1. The number of aromatic amines is 1. The van der Waals surface area contributed by atoms with Gasteiger partial charge in [0.15, 0.2) is 5.65 Å². The summed E-state index contributed by atoms with van der Waals surface area (Å²) >= 11 is 5.85. The van der Waals surface area contributed by atoms with E-state index in [1.54, 1.807) is 30.9 Å². The molecule has 0 aliphatic carbocycles. The van der Waals surface area contributed by atoms with Crippen molar-refractivity contribution >= 4 is 28.5 Å². The molecule has 1 unspecified atom stereocenters. The van der Waals surface area contributed by atoms with Gasteiger partial charge in [0.05, 0.1) is 23.2 Å². The van der Waals surface area contributed by atoms with Crippen LogP contribution in [0.3, 0.4) is 0 Å². The summed E-state index contributed by atoms with van der Waals surface area (Å²) in [6, 6.07) is 3.57. The van der Waals surface area contributed by atoms with Crippen molar-refractivity contribution in [1.29, 1.82) is 0 Å². The zero-order valence-electron chi connectivity index (χ0n) is 12.3. The van der Waals surface area contributed by atoms with Crippen LogP contribution in [0.4, 0.5) is 5.82 Å². The molecule has 1 N–H and O–H groups in total. The van der Waals surface area contributed by atoms with Gasteiger partial charge < -0.3 is 9.64 Å². The molecule has 4 rings (SSSR count). The highest BCUT2D eigenvalue weighted by molar-refractivity contribution is 6.30. The first-order valence-corrected chi connectivity index (χ1v) is 7.84. The number of nitrogens with zero attached hydrogens (tertiary/aromatic N) is 5. The first-order valence-electron chi connectivity index (χ1n) is 7.47. The molecule has 1 atom stereocenters. The number of hydrogen-bond acceptors (Lipinski definition) is 6. The smallest absolute Gasteiger partial charge is 0.213 e. The minimum absolute atomic E-state index is 0.0642. The molecule has 0 radical (unpaired) electrons. The first kappa shape index (κ1) is 14.2. The SMILES string of the molecule is Clc1ccc(OC2CCCN(c3ncnc4[nH]ncc34)C2)nc1. The number of pyridine rings is 1. The van der Waals surface area contributed by atoms with E-state index in [2.05, 4.69) is 30.0 Å². The van der Waals surface area contributed by atoms with Crippen molar-refractivity contribution in [2.75, 3.05) is 18.0 Å². The topological polar surface area (TPSA) is 79.8 Å². The summed E-state index contributed by atoms with van der Waals surface area (Å²) in [5, 5.41) is 8.45. The van der Waals surface area contributed by atoms with Crippen LogP contribution in [0, 0.1) is 0 Å². The fraction of sp³-hybridized carbons (Fsp3) is 0.333. The van der Waals surface area contributed by atoms with Crippen LogP contribution >= 0.6 is 11.6 Å². The summed E-state index contributed by atoms with van der Waals surface area (Å²) in [5.74, 6) is 1.48. The largest absolute Gasteiger partial charge is 0.472 e. The second kappa shape index (κ2) is 6.00. The molecule has 0 aromatic carbocycles. The Kier molecular flexibility index (Phi) is 3.70. The number of fused-ring (bicyclic) bond motifs is 1. The highest BCUT2D eigenvalue weighted by Crippen LogP contribution is 2.25. The molecule has 3 aromatic rings.